The number of hydrogen-bond acceptors (Lipinski definition) is 4. The number of carbonyl (C=O) groups is 1. The highest BCUT2D eigenvalue weighted by Crippen LogP contribution is 2.31. The second kappa shape index (κ2) is 8.86. The smallest absolute Gasteiger partial charge is 0.224 e. The van der Waals surface area contributed by atoms with E-state index in [0.717, 1.165) is 19.3 Å². The van der Waals surface area contributed by atoms with E-state index in [1.165, 1.54) is 0 Å². The summed E-state index contributed by atoms with van der Waals surface area (Å²) in [6.45, 7) is 2.45. The molecule has 1 aromatic carbocycles. The second-order valence-electron chi connectivity index (χ2n) is 5.40. The van der Waals surface area contributed by atoms with Crippen LogP contribution in [0.4, 0.5) is 5.69 Å². The lowest BCUT2D eigenvalue weighted by Crippen LogP contribution is -2.28. The molecule has 1 amide bonds. The van der Waals surface area contributed by atoms with Gasteiger partial charge in [0.15, 0.2) is 0 Å². The van der Waals surface area contributed by atoms with Crippen LogP contribution >= 0.6 is 12.4 Å². The number of nitrogens with one attached hydrogen (secondary N) is 1. The highest BCUT2D eigenvalue weighted by atomic mass is 35.5. The fraction of sp³-hybridized carbons (Fsp3) is 0.562. The summed E-state index contributed by atoms with van der Waals surface area (Å²) in [4.78, 5) is 12.2. The Bertz CT molecular complexity index is 496. The van der Waals surface area contributed by atoms with Gasteiger partial charge in [-0.2, -0.15) is 0 Å². The first-order chi connectivity index (χ1) is 10.1. The van der Waals surface area contributed by atoms with Crippen LogP contribution in [0.1, 0.15) is 32.6 Å². The van der Waals surface area contributed by atoms with E-state index in [1.807, 2.05) is 13.0 Å². The van der Waals surface area contributed by atoms with Crippen LogP contribution < -0.4 is 20.5 Å². The Labute approximate surface area is 138 Å². The highest BCUT2D eigenvalue weighted by Gasteiger charge is 2.26. The first-order valence-electron chi connectivity index (χ1n) is 7.50. The van der Waals surface area contributed by atoms with Gasteiger partial charge in [-0.05, 0) is 37.8 Å². The molecule has 124 valence electrons. The third-order valence-electron chi connectivity index (χ3n) is 3.93. The number of amides is 1. The van der Waals surface area contributed by atoms with E-state index in [0.29, 0.717) is 30.2 Å². The molecule has 1 aromatic rings. The van der Waals surface area contributed by atoms with Crippen LogP contribution in [0.3, 0.4) is 0 Å². The molecule has 6 heteroatoms. The summed E-state index contributed by atoms with van der Waals surface area (Å²) < 4.78 is 10.7. The van der Waals surface area contributed by atoms with E-state index < -0.39 is 0 Å². The van der Waals surface area contributed by atoms with Gasteiger partial charge in [0.05, 0.1) is 19.4 Å². The first-order valence-corrected chi connectivity index (χ1v) is 7.50. The van der Waals surface area contributed by atoms with Crippen molar-refractivity contribution in [1.29, 1.82) is 0 Å². The summed E-state index contributed by atoms with van der Waals surface area (Å²) >= 11 is 0. The van der Waals surface area contributed by atoms with Gasteiger partial charge in [0.1, 0.15) is 11.5 Å². The minimum Gasteiger partial charge on any atom is -0.497 e. The maximum atomic E-state index is 12.2. The van der Waals surface area contributed by atoms with E-state index in [1.54, 1.807) is 19.2 Å². The van der Waals surface area contributed by atoms with Gasteiger partial charge in [-0.15, -0.1) is 12.4 Å². The highest BCUT2D eigenvalue weighted by molar-refractivity contribution is 5.92. The van der Waals surface area contributed by atoms with Crippen molar-refractivity contribution in [2.75, 3.05) is 19.0 Å². The van der Waals surface area contributed by atoms with Crippen LogP contribution in [0.5, 0.6) is 11.5 Å². The number of methoxy groups -OCH3 is 1. The predicted octanol–water partition coefficient (Wildman–Crippen LogP) is 2.97. The normalized spacial score (nSPS) is 20.1. The van der Waals surface area contributed by atoms with Crippen LogP contribution in [0, 0.1) is 5.92 Å². The molecule has 2 atom stereocenters. The van der Waals surface area contributed by atoms with E-state index >= 15 is 0 Å². The van der Waals surface area contributed by atoms with Crippen molar-refractivity contribution in [3.05, 3.63) is 18.2 Å². The van der Waals surface area contributed by atoms with Gasteiger partial charge in [0.2, 0.25) is 5.91 Å². The number of halogens is 1. The van der Waals surface area contributed by atoms with Crippen LogP contribution in [-0.2, 0) is 4.79 Å². The van der Waals surface area contributed by atoms with Crippen molar-refractivity contribution in [3.8, 4) is 11.5 Å². The maximum Gasteiger partial charge on any atom is 0.224 e. The number of carbonyl (C=O) groups excluding carboxylic acids is 1. The molecule has 1 aliphatic carbocycles. The average Bonchev–Trinajstić information content (AvgIpc) is 2.86. The molecule has 1 aliphatic rings. The van der Waals surface area contributed by atoms with E-state index in [2.05, 4.69) is 5.32 Å². The van der Waals surface area contributed by atoms with Crippen molar-refractivity contribution in [2.24, 2.45) is 11.7 Å². The van der Waals surface area contributed by atoms with Gasteiger partial charge in [-0.3, -0.25) is 4.79 Å². The molecule has 1 fully saturated rings. The average molecular weight is 329 g/mol. The zero-order valence-corrected chi connectivity index (χ0v) is 13.9. The lowest BCUT2D eigenvalue weighted by atomic mass is 10.00. The molecule has 0 aliphatic heterocycles. The van der Waals surface area contributed by atoms with Crippen LogP contribution in [-0.4, -0.2) is 25.7 Å². The van der Waals surface area contributed by atoms with Gasteiger partial charge in [-0.1, -0.05) is 6.42 Å². The molecule has 0 spiro atoms. The van der Waals surface area contributed by atoms with Crippen LogP contribution in [0.15, 0.2) is 18.2 Å². The molecular weight excluding hydrogens is 304 g/mol. The van der Waals surface area contributed by atoms with E-state index in [4.69, 9.17) is 15.2 Å². The van der Waals surface area contributed by atoms with Crippen LogP contribution in [0.25, 0.3) is 0 Å². The summed E-state index contributed by atoms with van der Waals surface area (Å²) in [6, 6.07) is 5.54. The number of ether oxygens (including phenoxy) is 2. The molecule has 22 heavy (non-hydrogen) atoms. The van der Waals surface area contributed by atoms with Gasteiger partial charge >= 0.3 is 0 Å². The number of benzene rings is 1. The molecule has 2 rings (SSSR count). The Kier molecular flexibility index (Phi) is 7.48. The van der Waals surface area contributed by atoms with Gasteiger partial charge in [0, 0.05) is 18.5 Å². The Morgan fingerprint density at radius 2 is 2.18 bits per heavy atom. The standard InChI is InChI=1S/C16H24N2O3.ClH/c1-3-21-15-8-7-12(20-2)10-14(15)18-16(19)9-11-5-4-6-13(11)17;/h7-8,10-11,13H,3-6,9,17H2,1-2H3,(H,18,19);1H/t11-,13+;/m0./s1. The molecule has 0 heterocycles. The zero-order valence-electron chi connectivity index (χ0n) is 13.1. The number of anilines is 1. The first kappa shape index (κ1) is 18.6. The molecule has 0 saturated heterocycles. The Morgan fingerprint density at radius 1 is 1.41 bits per heavy atom. The third kappa shape index (κ3) is 4.78. The van der Waals surface area contributed by atoms with Crippen molar-refractivity contribution in [1.82, 2.24) is 0 Å². The number of hydrogen-bond donors (Lipinski definition) is 2. The van der Waals surface area contributed by atoms with Crippen molar-refractivity contribution in [3.63, 3.8) is 0 Å². The summed E-state index contributed by atoms with van der Waals surface area (Å²) in [5.41, 5.74) is 6.67. The molecule has 0 radical (unpaired) electrons. The predicted molar refractivity (Wildman–Crippen MR) is 90.0 cm³/mol. The topological polar surface area (TPSA) is 73.6 Å². The lowest BCUT2D eigenvalue weighted by molar-refractivity contribution is -0.117. The largest absolute Gasteiger partial charge is 0.497 e. The fourth-order valence-corrected chi connectivity index (χ4v) is 2.77. The summed E-state index contributed by atoms with van der Waals surface area (Å²) in [6.07, 6.45) is 3.62. The quantitative estimate of drug-likeness (QED) is 0.842. The minimum atomic E-state index is -0.0217. The molecule has 5 nitrogen and oxygen atoms in total. The summed E-state index contributed by atoms with van der Waals surface area (Å²) in [5.74, 6) is 1.60. The summed E-state index contributed by atoms with van der Waals surface area (Å²) in [7, 11) is 1.60. The fourth-order valence-electron chi connectivity index (χ4n) is 2.77. The molecule has 0 unspecified atom stereocenters. The SMILES string of the molecule is CCOc1ccc(OC)cc1NC(=O)C[C@@H]1CCC[C@H]1N.Cl. The lowest BCUT2D eigenvalue weighted by Gasteiger charge is -2.16. The molecule has 0 aromatic heterocycles. The molecule has 0 bridgehead atoms. The Hall–Kier alpha value is -1.46. The maximum absolute atomic E-state index is 12.2. The number of rotatable bonds is 6. The molecule has 3 N–H and O–H groups in total. The van der Waals surface area contributed by atoms with Crippen molar-refractivity contribution < 1.29 is 14.3 Å². The third-order valence-corrected chi connectivity index (χ3v) is 3.93. The molecular formula is C16H25ClN2O3. The Morgan fingerprint density at radius 3 is 2.77 bits per heavy atom. The second-order valence-corrected chi connectivity index (χ2v) is 5.40. The van der Waals surface area contributed by atoms with Crippen molar-refractivity contribution in [2.45, 2.75) is 38.6 Å². The minimum absolute atomic E-state index is 0. The zero-order chi connectivity index (χ0) is 15.2. The van der Waals surface area contributed by atoms with Crippen LogP contribution in [0.2, 0.25) is 0 Å². The van der Waals surface area contributed by atoms with E-state index in [-0.39, 0.29) is 30.3 Å². The van der Waals surface area contributed by atoms with Gasteiger partial charge in [-0.25, -0.2) is 0 Å². The monoisotopic (exact) mass is 328 g/mol. The summed E-state index contributed by atoms with van der Waals surface area (Å²) in [5, 5.41) is 2.92. The molecule has 1 saturated carbocycles. The van der Waals surface area contributed by atoms with E-state index in [9.17, 15) is 4.79 Å². The Balaban J connectivity index is 0.00000242. The van der Waals surface area contributed by atoms with Crippen molar-refractivity contribution >= 4 is 24.0 Å². The van der Waals surface area contributed by atoms with Gasteiger partial charge < -0.3 is 20.5 Å². The number of nitrogens with two attached hydrogens (primary N) is 1. The van der Waals surface area contributed by atoms with Gasteiger partial charge in [0.25, 0.3) is 0 Å².